The first kappa shape index (κ1) is 14.4. The Labute approximate surface area is 95.9 Å². The Balaban J connectivity index is 0.000000265. The Morgan fingerprint density at radius 3 is 1.87 bits per heavy atom. The molecule has 1 aliphatic rings. The van der Waals surface area contributed by atoms with Gasteiger partial charge >= 0.3 is 0 Å². The molecule has 1 aliphatic heterocycles. The maximum Gasteiger partial charge on any atom is -0.00218 e. The van der Waals surface area contributed by atoms with Crippen molar-refractivity contribution in [1.82, 2.24) is 4.90 Å². The van der Waals surface area contributed by atoms with Crippen LogP contribution in [0.5, 0.6) is 0 Å². The van der Waals surface area contributed by atoms with Crippen LogP contribution in [0.1, 0.15) is 46.5 Å². The molecule has 0 N–H and O–H groups in total. The lowest BCUT2D eigenvalue weighted by molar-refractivity contribution is 0.349. The van der Waals surface area contributed by atoms with Crippen molar-refractivity contribution in [3.05, 3.63) is 23.8 Å². The molecule has 0 bridgehead atoms. The second-order valence-corrected chi connectivity index (χ2v) is 4.49. The van der Waals surface area contributed by atoms with Gasteiger partial charge in [0.1, 0.15) is 0 Å². The van der Waals surface area contributed by atoms with Crippen molar-refractivity contribution in [1.29, 1.82) is 0 Å². The Morgan fingerprint density at radius 2 is 1.53 bits per heavy atom. The topological polar surface area (TPSA) is 3.24 Å². The number of nitrogens with zero attached hydrogens (tertiary/aromatic N) is 1. The molecular weight excluding hydrogens is 182 g/mol. The highest BCUT2D eigenvalue weighted by molar-refractivity contribution is 5.06. The van der Waals surface area contributed by atoms with Crippen molar-refractivity contribution < 1.29 is 0 Å². The Kier molecular flexibility index (Phi) is 9.60. The molecule has 0 aromatic rings. The molecule has 15 heavy (non-hydrogen) atoms. The van der Waals surface area contributed by atoms with Gasteiger partial charge in [-0.3, -0.25) is 0 Å². The van der Waals surface area contributed by atoms with Crippen LogP contribution in [0.4, 0.5) is 0 Å². The Bertz CT molecular complexity index is 180. The molecule has 0 amide bonds. The van der Waals surface area contributed by atoms with E-state index in [0.29, 0.717) is 0 Å². The quantitative estimate of drug-likeness (QED) is 0.590. The van der Waals surface area contributed by atoms with Gasteiger partial charge in [-0.05, 0) is 53.8 Å². The van der Waals surface area contributed by atoms with Crippen LogP contribution < -0.4 is 0 Å². The fourth-order valence-corrected chi connectivity index (χ4v) is 1.52. The third-order valence-corrected chi connectivity index (χ3v) is 2.45. The van der Waals surface area contributed by atoms with Gasteiger partial charge in [0.05, 0.1) is 0 Å². The third kappa shape index (κ3) is 11.4. The van der Waals surface area contributed by atoms with E-state index in [-0.39, 0.29) is 0 Å². The minimum Gasteiger partial charge on any atom is -0.306 e. The SMILES string of the molecule is C/C=C\C=C(C)C.CN1CCCCCC1. The summed E-state index contributed by atoms with van der Waals surface area (Å²) in [6.07, 6.45) is 11.9. The van der Waals surface area contributed by atoms with E-state index < -0.39 is 0 Å². The van der Waals surface area contributed by atoms with Gasteiger partial charge < -0.3 is 4.90 Å². The summed E-state index contributed by atoms with van der Waals surface area (Å²) in [6, 6.07) is 0. The average Bonchev–Trinajstić information content (AvgIpc) is 2.43. The zero-order valence-electron chi connectivity index (χ0n) is 10.9. The summed E-state index contributed by atoms with van der Waals surface area (Å²) in [5.41, 5.74) is 1.35. The highest BCUT2D eigenvalue weighted by atomic mass is 15.1. The van der Waals surface area contributed by atoms with E-state index in [0.717, 1.165) is 0 Å². The molecule has 1 saturated heterocycles. The van der Waals surface area contributed by atoms with Crippen LogP contribution in [0.2, 0.25) is 0 Å². The smallest absolute Gasteiger partial charge is 0.00218 e. The van der Waals surface area contributed by atoms with Gasteiger partial charge in [-0.2, -0.15) is 0 Å². The molecule has 1 nitrogen and oxygen atoms in total. The molecule has 1 heterocycles. The van der Waals surface area contributed by atoms with Crippen LogP contribution in [0.15, 0.2) is 23.8 Å². The molecular formula is C14H27N. The fourth-order valence-electron chi connectivity index (χ4n) is 1.52. The number of hydrogen-bond acceptors (Lipinski definition) is 1. The number of rotatable bonds is 1. The van der Waals surface area contributed by atoms with Gasteiger partial charge in [0, 0.05) is 0 Å². The molecule has 0 unspecified atom stereocenters. The van der Waals surface area contributed by atoms with E-state index >= 15 is 0 Å². The van der Waals surface area contributed by atoms with Gasteiger partial charge in [-0.25, -0.2) is 0 Å². The van der Waals surface area contributed by atoms with Crippen LogP contribution >= 0.6 is 0 Å². The number of allylic oxidation sites excluding steroid dienone is 4. The lowest BCUT2D eigenvalue weighted by Gasteiger charge is -2.10. The van der Waals surface area contributed by atoms with Crippen molar-refractivity contribution >= 4 is 0 Å². The van der Waals surface area contributed by atoms with E-state index in [9.17, 15) is 0 Å². The zero-order valence-corrected chi connectivity index (χ0v) is 10.9. The van der Waals surface area contributed by atoms with E-state index in [1.165, 1.54) is 44.3 Å². The predicted molar refractivity (Wildman–Crippen MR) is 70.2 cm³/mol. The molecule has 0 aromatic heterocycles. The normalized spacial score (nSPS) is 17.9. The van der Waals surface area contributed by atoms with Crippen molar-refractivity contribution in [2.75, 3.05) is 20.1 Å². The Morgan fingerprint density at radius 1 is 1.00 bits per heavy atom. The van der Waals surface area contributed by atoms with Crippen LogP contribution in [0.25, 0.3) is 0 Å². The first-order chi connectivity index (χ1) is 7.16. The molecule has 0 radical (unpaired) electrons. The number of hydrogen-bond donors (Lipinski definition) is 0. The Hall–Kier alpha value is -0.560. The second-order valence-electron chi connectivity index (χ2n) is 4.49. The lowest BCUT2D eigenvalue weighted by atomic mass is 10.2. The predicted octanol–water partition coefficient (Wildman–Crippen LogP) is 4.02. The summed E-state index contributed by atoms with van der Waals surface area (Å²) in [6.45, 7) is 8.82. The summed E-state index contributed by atoms with van der Waals surface area (Å²) < 4.78 is 0. The standard InChI is InChI=1S/C7H15N.C7H12/c1-8-6-4-2-3-5-7-8;1-4-5-6-7(2)3/h2-7H2,1H3;4-6H,1-3H3/b;5-4-. The molecule has 0 aliphatic carbocycles. The third-order valence-electron chi connectivity index (χ3n) is 2.45. The van der Waals surface area contributed by atoms with Crippen molar-refractivity contribution in [3.8, 4) is 0 Å². The largest absolute Gasteiger partial charge is 0.306 e. The molecule has 0 atom stereocenters. The van der Waals surface area contributed by atoms with Crippen molar-refractivity contribution in [3.63, 3.8) is 0 Å². The maximum absolute atomic E-state index is 2.42. The number of likely N-dealkylation sites (tertiary alicyclic amines) is 1. The van der Waals surface area contributed by atoms with Crippen LogP contribution in [-0.2, 0) is 0 Å². The fraction of sp³-hybridized carbons (Fsp3) is 0.714. The summed E-state index contributed by atoms with van der Waals surface area (Å²) in [5, 5.41) is 0. The average molecular weight is 209 g/mol. The van der Waals surface area contributed by atoms with Crippen molar-refractivity contribution in [2.24, 2.45) is 0 Å². The summed E-state index contributed by atoms with van der Waals surface area (Å²) in [5.74, 6) is 0. The second kappa shape index (κ2) is 9.97. The van der Waals surface area contributed by atoms with Gasteiger partial charge in [0.15, 0.2) is 0 Å². The van der Waals surface area contributed by atoms with Crippen molar-refractivity contribution in [2.45, 2.75) is 46.5 Å². The van der Waals surface area contributed by atoms with Gasteiger partial charge in [-0.15, -0.1) is 0 Å². The zero-order chi connectivity index (χ0) is 11.5. The van der Waals surface area contributed by atoms with Crippen LogP contribution in [-0.4, -0.2) is 25.0 Å². The van der Waals surface area contributed by atoms with Gasteiger partial charge in [-0.1, -0.05) is 36.6 Å². The highest BCUT2D eigenvalue weighted by Crippen LogP contribution is 2.06. The maximum atomic E-state index is 2.42. The summed E-state index contributed by atoms with van der Waals surface area (Å²) in [4.78, 5) is 2.42. The first-order valence-corrected chi connectivity index (χ1v) is 6.11. The van der Waals surface area contributed by atoms with Gasteiger partial charge in [0.25, 0.3) is 0 Å². The lowest BCUT2D eigenvalue weighted by Crippen LogP contribution is -2.18. The van der Waals surface area contributed by atoms with E-state index in [1.54, 1.807) is 0 Å². The molecule has 0 aromatic carbocycles. The molecule has 0 saturated carbocycles. The molecule has 1 fully saturated rings. The van der Waals surface area contributed by atoms with Crippen LogP contribution in [0.3, 0.4) is 0 Å². The first-order valence-electron chi connectivity index (χ1n) is 6.11. The minimum absolute atomic E-state index is 1.32. The molecule has 88 valence electrons. The van der Waals surface area contributed by atoms with Crippen LogP contribution in [0, 0.1) is 0 Å². The highest BCUT2D eigenvalue weighted by Gasteiger charge is 2.01. The summed E-state index contributed by atoms with van der Waals surface area (Å²) in [7, 11) is 2.21. The molecule has 1 heteroatoms. The van der Waals surface area contributed by atoms with E-state index in [2.05, 4.69) is 31.9 Å². The van der Waals surface area contributed by atoms with Gasteiger partial charge in [0.2, 0.25) is 0 Å². The monoisotopic (exact) mass is 209 g/mol. The van der Waals surface area contributed by atoms with E-state index in [1.807, 2.05) is 19.1 Å². The molecule has 1 rings (SSSR count). The van der Waals surface area contributed by atoms with E-state index in [4.69, 9.17) is 0 Å². The summed E-state index contributed by atoms with van der Waals surface area (Å²) >= 11 is 0. The molecule has 0 spiro atoms. The minimum atomic E-state index is 1.32.